The fourth-order valence-electron chi connectivity index (χ4n) is 4.10. The third-order valence-electron chi connectivity index (χ3n) is 5.92. The van der Waals surface area contributed by atoms with Crippen LogP contribution in [0.5, 0.6) is 11.5 Å². The molecule has 34 heavy (non-hydrogen) atoms. The Balaban J connectivity index is 1.65. The Bertz CT molecular complexity index is 1330. The van der Waals surface area contributed by atoms with Crippen LogP contribution in [-0.4, -0.2) is 31.5 Å². The van der Waals surface area contributed by atoms with Crippen LogP contribution in [0.1, 0.15) is 36.9 Å². The lowest BCUT2D eigenvalue weighted by Gasteiger charge is -2.14. The van der Waals surface area contributed by atoms with E-state index in [1.165, 1.54) is 36.6 Å². The number of phenols is 1. The van der Waals surface area contributed by atoms with E-state index < -0.39 is 10.0 Å². The van der Waals surface area contributed by atoms with Crippen LogP contribution in [0.4, 0.5) is 10.8 Å². The van der Waals surface area contributed by atoms with E-state index in [1.54, 1.807) is 25.1 Å². The Morgan fingerprint density at radius 3 is 2.56 bits per heavy atom. The van der Waals surface area contributed by atoms with Crippen LogP contribution in [0.25, 0.3) is 10.4 Å². The first kappa shape index (κ1) is 24.0. The zero-order valence-electron chi connectivity index (χ0n) is 19.2. The number of hydrogen-bond donors (Lipinski definition) is 3. The standard InChI is InChI=1S/C24H27N3O5S2/c1-14-12-18(28)9-10-19(14)27-34(30,31)21-13-17(8-11-20(21)32-3)22-15(2)25-24(33-22)26-23(29)16-6-4-5-7-16/h8-13,16,27-28H,4-7H2,1-3H3,(H,25,26,29). The molecule has 0 atom stereocenters. The number of carbonyl (C=O) groups is 1. The number of amides is 1. The van der Waals surface area contributed by atoms with E-state index >= 15 is 0 Å². The highest BCUT2D eigenvalue weighted by Crippen LogP contribution is 2.38. The normalized spacial score (nSPS) is 14.2. The van der Waals surface area contributed by atoms with Gasteiger partial charge in [-0.15, -0.1) is 0 Å². The van der Waals surface area contributed by atoms with Crippen molar-refractivity contribution in [3.05, 3.63) is 47.7 Å². The number of phenolic OH excluding ortho intramolecular Hbond substituents is 1. The predicted octanol–water partition coefficient (Wildman–Crippen LogP) is 5.07. The van der Waals surface area contributed by atoms with Crippen molar-refractivity contribution >= 4 is 38.1 Å². The Hall–Kier alpha value is -3.11. The van der Waals surface area contributed by atoms with Crippen molar-refractivity contribution in [1.29, 1.82) is 0 Å². The van der Waals surface area contributed by atoms with Gasteiger partial charge in [-0.05, 0) is 74.2 Å². The first-order chi connectivity index (χ1) is 16.2. The van der Waals surface area contributed by atoms with E-state index in [4.69, 9.17) is 4.74 Å². The summed E-state index contributed by atoms with van der Waals surface area (Å²) in [7, 11) is -2.59. The Kier molecular flexibility index (Phi) is 6.81. The molecule has 2 aromatic carbocycles. The summed E-state index contributed by atoms with van der Waals surface area (Å²) in [5.74, 6) is 0.269. The summed E-state index contributed by atoms with van der Waals surface area (Å²) in [5, 5.41) is 13.0. The van der Waals surface area contributed by atoms with Gasteiger partial charge in [0.05, 0.1) is 23.4 Å². The van der Waals surface area contributed by atoms with E-state index in [0.29, 0.717) is 27.6 Å². The van der Waals surface area contributed by atoms with E-state index in [9.17, 15) is 18.3 Å². The molecular formula is C24H27N3O5S2. The minimum absolute atomic E-state index is 0.00994. The average Bonchev–Trinajstić information content (AvgIpc) is 3.45. The summed E-state index contributed by atoms with van der Waals surface area (Å²) >= 11 is 1.31. The number of thiazole rings is 1. The van der Waals surface area contributed by atoms with Crippen LogP contribution in [0.2, 0.25) is 0 Å². The van der Waals surface area contributed by atoms with Gasteiger partial charge in [0, 0.05) is 5.92 Å². The molecule has 4 rings (SSSR count). The number of carbonyl (C=O) groups excluding carboxylic acids is 1. The van der Waals surface area contributed by atoms with Crippen molar-refractivity contribution in [3.8, 4) is 21.9 Å². The van der Waals surface area contributed by atoms with Gasteiger partial charge in [-0.1, -0.05) is 24.2 Å². The molecule has 1 heterocycles. The van der Waals surface area contributed by atoms with Crippen LogP contribution in [-0.2, 0) is 14.8 Å². The van der Waals surface area contributed by atoms with Gasteiger partial charge in [-0.25, -0.2) is 13.4 Å². The summed E-state index contributed by atoms with van der Waals surface area (Å²) in [4.78, 5) is 17.7. The maximum atomic E-state index is 13.3. The third-order valence-corrected chi connectivity index (χ3v) is 8.43. The van der Waals surface area contributed by atoms with Crippen molar-refractivity contribution < 1.29 is 23.1 Å². The van der Waals surface area contributed by atoms with E-state index in [2.05, 4.69) is 15.0 Å². The number of aromatic hydroxyl groups is 1. The lowest BCUT2D eigenvalue weighted by Crippen LogP contribution is -2.20. The van der Waals surface area contributed by atoms with Crippen LogP contribution in [0, 0.1) is 19.8 Å². The van der Waals surface area contributed by atoms with E-state index in [-0.39, 0.29) is 28.2 Å². The molecule has 0 radical (unpaired) electrons. The molecule has 3 aromatic rings. The fraction of sp³-hybridized carbons (Fsp3) is 0.333. The molecule has 3 N–H and O–H groups in total. The van der Waals surface area contributed by atoms with Crippen LogP contribution in [0.3, 0.4) is 0 Å². The maximum absolute atomic E-state index is 13.3. The minimum Gasteiger partial charge on any atom is -0.508 e. The lowest BCUT2D eigenvalue weighted by molar-refractivity contribution is -0.119. The molecule has 0 saturated heterocycles. The molecule has 0 spiro atoms. The number of benzene rings is 2. The Morgan fingerprint density at radius 1 is 1.15 bits per heavy atom. The Morgan fingerprint density at radius 2 is 1.88 bits per heavy atom. The number of methoxy groups -OCH3 is 1. The SMILES string of the molecule is COc1ccc(-c2sc(NC(=O)C3CCCC3)nc2C)cc1S(=O)(=O)Nc1ccc(O)cc1C. The molecule has 10 heteroatoms. The number of nitrogens with one attached hydrogen (secondary N) is 2. The number of sulfonamides is 1. The highest BCUT2D eigenvalue weighted by molar-refractivity contribution is 7.92. The molecule has 1 aromatic heterocycles. The van der Waals surface area contributed by atoms with Gasteiger partial charge < -0.3 is 15.2 Å². The number of aryl methyl sites for hydroxylation is 2. The lowest BCUT2D eigenvalue weighted by atomic mass is 10.1. The van der Waals surface area contributed by atoms with Crippen LogP contribution < -0.4 is 14.8 Å². The zero-order valence-corrected chi connectivity index (χ0v) is 20.8. The van der Waals surface area contributed by atoms with Gasteiger partial charge in [0.2, 0.25) is 5.91 Å². The molecule has 0 aliphatic heterocycles. The van der Waals surface area contributed by atoms with E-state index in [1.807, 2.05) is 6.92 Å². The second kappa shape index (κ2) is 9.63. The van der Waals surface area contributed by atoms with Gasteiger partial charge in [-0.3, -0.25) is 9.52 Å². The van der Waals surface area contributed by atoms with Crippen LogP contribution in [0.15, 0.2) is 41.3 Å². The van der Waals surface area contributed by atoms with Gasteiger partial charge in [-0.2, -0.15) is 0 Å². The van der Waals surface area contributed by atoms with Gasteiger partial charge >= 0.3 is 0 Å². The number of anilines is 2. The van der Waals surface area contributed by atoms with Crippen molar-refractivity contribution in [2.75, 3.05) is 17.1 Å². The number of rotatable bonds is 7. The number of nitrogens with zero attached hydrogens (tertiary/aromatic N) is 1. The molecule has 180 valence electrons. The smallest absolute Gasteiger partial charge is 0.265 e. The average molecular weight is 502 g/mol. The van der Waals surface area contributed by atoms with Crippen LogP contribution >= 0.6 is 11.3 Å². The first-order valence-corrected chi connectivity index (χ1v) is 13.3. The molecule has 1 aliphatic carbocycles. The number of hydrogen-bond acceptors (Lipinski definition) is 7. The highest BCUT2D eigenvalue weighted by atomic mass is 32.2. The molecule has 0 unspecified atom stereocenters. The largest absolute Gasteiger partial charge is 0.508 e. The topological polar surface area (TPSA) is 118 Å². The predicted molar refractivity (Wildman–Crippen MR) is 133 cm³/mol. The van der Waals surface area contributed by atoms with Crippen molar-refractivity contribution in [1.82, 2.24) is 4.98 Å². The first-order valence-electron chi connectivity index (χ1n) is 11.0. The summed E-state index contributed by atoms with van der Waals surface area (Å²) in [6, 6.07) is 9.32. The summed E-state index contributed by atoms with van der Waals surface area (Å²) < 4.78 is 34.4. The molecule has 1 fully saturated rings. The minimum atomic E-state index is -4.00. The Labute approximate surface area is 203 Å². The van der Waals surface area contributed by atoms with Crippen molar-refractivity contribution in [2.45, 2.75) is 44.4 Å². The molecule has 1 saturated carbocycles. The summed E-state index contributed by atoms with van der Waals surface area (Å²) in [6.07, 6.45) is 3.94. The van der Waals surface area contributed by atoms with Crippen molar-refractivity contribution in [3.63, 3.8) is 0 Å². The molecule has 8 nitrogen and oxygen atoms in total. The monoisotopic (exact) mass is 501 g/mol. The molecular weight excluding hydrogens is 474 g/mol. The molecule has 1 aliphatic rings. The number of ether oxygens (including phenoxy) is 1. The molecule has 0 bridgehead atoms. The third kappa shape index (κ3) is 5.02. The van der Waals surface area contributed by atoms with Gasteiger partial charge in [0.1, 0.15) is 16.4 Å². The number of aromatic nitrogens is 1. The second-order valence-electron chi connectivity index (χ2n) is 8.37. The quantitative estimate of drug-likeness (QED) is 0.389. The second-order valence-corrected chi connectivity index (χ2v) is 11.0. The summed E-state index contributed by atoms with van der Waals surface area (Å²) in [5.41, 5.74) is 2.29. The van der Waals surface area contributed by atoms with Crippen molar-refractivity contribution in [2.24, 2.45) is 5.92 Å². The fourth-order valence-corrected chi connectivity index (χ4v) is 6.40. The van der Waals surface area contributed by atoms with Gasteiger partial charge in [0.25, 0.3) is 10.0 Å². The highest BCUT2D eigenvalue weighted by Gasteiger charge is 2.25. The van der Waals surface area contributed by atoms with E-state index in [0.717, 1.165) is 30.6 Å². The maximum Gasteiger partial charge on any atom is 0.265 e. The summed E-state index contributed by atoms with van der Waals surface area (Å²) in [6.45, 7) is 3.53. The molecule has 1 amide bonds. The zero-order chi connectivity index (χ0) is 24.5. The van der Waals surface area contributed by atoms with Gasteiger partial charge in [0.15, 0.2) is 5.13 Å².